The fourth-order valence-corrected chi connectivity index (χ4v) is 5.78. The molecule has 1 saturated carbocycles. The Balaban J connectivity index is 1.33. The van der Waals surface area contributed by atoms with Crippen molar-refractivity contribution in [3.8, 4) is 22.5 Å². The molecule has 36 heavy (non-hydrogen) atoms. The van der Waals surface area contributed by atoms with Crippen molar-refractivity contribution >= 4 is 26.8 Å². The van der Waals surface area contributed by atoms with Crippen LogP contribution >= 0.6 is 0 Å². The number of fused-ring (bicyclic) bond motifs is 1. The van der Waals surface area contributed by atoms with Crippen molar-refractivity contribution in [3.05, 3.63) is 72.0 Å². The Kier molecular flexibility index (Phi) is 6.38. The lowest BCUT2D eigenvalue weighted by molar-refractivity contribution is -0.138. The molecule has 0 bridgehead atoms. The summed E-state index contributed by atoms with van der Waals surface area (Å²) in [6.45, 7) is 0. The van der Waals surface area contributed by atoms with E-state index in [2.05, 4.69) is 9.97 Å². The maximum absolute atomic E-state index is 15.1. The van der Waals surface area contributed by atoms with Gasteiger partial charge in [-0.05, 0) is 72.9 Å². The van der Waals surface area contributed by atoms with Crippen LogP contribution in [-0.2, 0) is 14.6 Å². The Hall–Kier alpha value is -3.52. The van der Waals surface area contributed by atoms with Crippen molar-refractivity contribution in [3.63, 3.8) is 0 Å². The van der Waals surface area contributed by atoms with E-state index in [9.17, 15) is 13.2 Å². The van der Waals surface area contributed by atoms with Crippen LogP contribution in [0, 0.1) is 11.7 Å². The van der Waals surface area contributed by atoms with Crippen LogP contribution in [0.15, 0.2) is 65.6 Å². The molecule has 0 radical (unpaired) electrons. The van der Waals surface area contributed by atoms with E-state index >= 15 is 4.39 Å². The van der Waals surface area contributed by atoms with Gasteiger partial charge in [0.15, 0.2) is 9.84 Å². The molecule has 5 rings (SSSR count). The van der Waals surface area contributed by atoms with E-state index in [1.807, 2.05) is 24.3 Å². The monoisotopic (exact) mass is 506 g/mol. The number of aliphatic carboxylic acids is 1. The van der Waals surface area contributed by atoms with Crippen LogP contribution in [-0.4, -0.2) is 35.7 Å². The molecule has 0 aliphatic heterocycles. The molecule has 1 fully saturated rings. The van der Waals surface area contributed by atoms with E-state index in [0.717, 1.165) is 37.5 Å². The first-order chi connectivity index (χ1) is 17.2. The van der Waals surface area contributed by atoms with E-state index in [-0.39, 0.29) is 23.1 Å². The Morgan fingerprint density at radius 2 is 1.69 bits per heavy atom. The highest BCUT2D eigenvalue weighted by atomic mass is 32.2. The number of benzene rings is 3. The zero-order valence-corrected chi connectivity index (χ0v) is 20.7. The molecule has 1 heterocycles. The highest BCUT2D eigenvalue weighted by Crippen LogP contribution is 2.38. The van der Waals surface area contributed by atoms with Crippen molar-refractivity contribution in [1.29, 1.82) is 0 Å². The first-order valence-electron chi connectivity index (χ1n) is 12.0. The minimum Gasteiger partial charge on any atom is -0.481 e. The minimum absolute atomic E-state index is 0.198. The molecular weight excluding hydrogens is 479 g/mol. The third-order valence-electron chi connectivity index (χ3n) is 7.13. The molecule has 4 aromatic rings. The highest BCUT2D eigenvalue weighted by molar-refractivity contribution is 7.90. The molecule has 1 aliphatic rings. The SMILES string of the molecule is CS(=O)(=O)c1ccc2nc(-c3ccc(-c4ccc(C5CCC(CC(=O)O)CC5)cc4)c(F)c3)[nH]c2c1. The van der Waals surface area contributed by atoms with Crippen LogP contribution in [0.2, 0.25) is 0 Å². The summed E-state index contributed by atoms with van der Waals surface area (Å²) < 4.78 is 38.8. The second-order valence-corrected chi connectivity index (χ2v) is 11.7. The first-order valence-corrected chi connectivity index (χ1v) is 13.9. The number of nitrogens with zero attached hydrogens (tertiary/aromatic N) is 1. The van der Waals surface area contributed by atoms with Gasteiger partial charge in [-0.3, -0.25) is 4.79 Å². The number of imidazole rings is 1. The predicted octanol–water partition coefficient (Wildman–Crippen LogP) is 6.19. The fourth-order valence-electron chi connectivity index (χ4n) is 5.13. The standard InChI is InChI=1S/C28H27FN2O4S/c1-36(34,35)22-11-13-25-26(16-22)31-28(30-25)21-10-12-23(24(29)15-21)20-8-6-19(7-9-20)18-4-2-17(3-5-18)14-27(32)33/h6-13,15-18H,2-5,14H2,1H3,(H,30,31)(H,32,33). The summed E-state index contributed by atoms with van der Waals surface area (Å²) in [6, 6.07) is 17.6. The molecule has 0 spiro atoms. The van der Waals surface area contributed by atoms with E-state index < -0.39 is 15.8 Å². The smallest absolute Gasteiger partial charge is 0.303 e. The molecule has 0 saturated heterocycles. The number of nitrogens with one attached hydrogen (secondary N) is 1. The zero-order chi connectivity index (χ0) is 25.4. The van der Waals surface area contributed by atoms with Gasteiger partial charge in [-0.25, -0.2) is 17.8 Å². The molecule has 8 heteroatoms. The van der Waals surface area contributed by atoms with Gasteiger partial charge in [0.25, 0.3) is 0 Å². The Labute approximate surface area is 209 Å². The molecule has 2 N–H and O–H groups in total. The van der Waals surface area contributed by atoms with Crippen molar-refractivity contribution < 1.29 is 22.7 Å². The quantitative estimate of drug-likeness (QED) is 0.325. The Bertz CT molecular complexity index is 1540. The number of hydrogen-bond donors (Lipinski definition) is 2. The average Bonchev–Trinajstić information content (AvgIpc) is 3.27. The number of rotatable bonds is 6. The number of carbonyl (C=O) groups is 1. The summed E-state index contributed by atoms with van der Waals surface area (Å²) in [5.41, 5.74) is 4.23. The van der Waals surface area contributed by atoms with Crippen molar-refractivity contribution in [2.24, 2.45) is 5.92 Å². The summed E-state index contributed by atoms with van der Waals surface area (Å²) >= 11 is 0. The van der Waals surface area contributed by atoms with Gasteiger partial charge in [-0.2, -0.15) is 0 Å². The van der Waals surface area contributed by atoms with Crippen LogP contribution in [0.25, 0.3) is 33.5 Å². The fraction of sp³-hybridized carbons (Fsp3) is 0.286. The van der Waals surface area contributed by atoms with Crippen molar-refractivity contribution in [2.45, 2.75) is 42.9 Å². The third kappa shape index (κ3) is 5.04. The number of sulfone groups is 1. The third-order valence-corrected chi connectivity index (χ3v) is 8.24. The lowest BCUT2D eigenvalue weighted by atomic mass is 9.77. The molecule has 186 valence electrons. The summed E-state index contributed by atoms with van der Waals surface area (Å²) in [5, 5.41) is 9.01. The topological polar surface area (TPSA) is 100 Å². The van der Waals surface area contributed by atoms with Crippen LogP contribution < -0.4 is 0 Å². The second-order valence-electron chi connectivity index (χ2n) is 9.67. The maximum Gasteiger partial charge on any atom is 0.303 e. The van der Waals surface area contributed by atoms with Gasteiger partial charge in [-0.15, -0.1) is 0 Å². The number of aromatic nitrogens is 2. The van der Waals surface area contributed by atoms with Crippen LogP contribution in [0.4, 0.5) is 4.39 Å². The summed E-state index contributed by atoms with van der Waals surface area (Å²) in [6.07, 6.45) is 5.20. The first kappa shape index (κ1) is 24.2. The van der Waals surface area contributed by atoms with E-state index in [0.29, 0.717) is 33.9 Å². The molecule has 1 aromatic heterocycles. The molecule has 0 amide bonds. The van der Waals surface area contributed by atoms with Crippen LogP contribution in [0.1, 0.15) is 43.6 Å². The van der Waals surface area contributed by atoms with Crippen molar-refractivity contribution in [1.82, 2.24) is 9.97 Å². The van der Waals surface area contributed by atoms with Gasteiger partial charge in [0, 0.05) is 23.8 Å². The average molecular weight is 507 g/mol. The maximum atomic E-state index is 15.1. The second kappa shape index (κ2) is 9.50. The zero-order valence-electron chi connectivity index (χ0n) is 19.9. The van der Waals surface area contributed by atoms with Gasteiger partial charge < -0.3 is 10.1 Å². The summed E-state index contributed by atoms with van der Waals surface area (Å²) in [7, 11) is -3.34. The number of carboxylic acids is 1. The molecule has 6 nitrogen and oxygen atoms in total. The lowest BCUT2D eigenvalue weighted by Gasteiger charge is -2.28. The molecule has 1 aliphatic carbocycles. The molecule has 0 unspecified atom stereocenters. The number of halogens is 1. The Morgan fingerprint density at radius 1 is 1.00 bits per heavy atom. The van der Waals surface area contributed by atoms with E-state index in [4.69, 9.17) is 5.11 Å². The van der Waals surface area contributed by atoms with Crippen LogP contribution in [0.3, 0.4) is 0 Å². The highest BCUT2D eigenvalue weighted by Gasteiger charge is 2.24. The van der Waals surface area contributed by atoms with Gasteiger partial charge in [0.2, 0.25) is 0 Å². The largest absolute Gasteiger partial charge is 0.481 e. The van der Waals surface area contributed by atoms with Gasteiger partial charge >= 0.3 is 5.97 Å². The molecule has 0 atom stereocenters. The number of carboxylic acid groups (broad SMARTS) is 1. The van der Waals surface area contributed by atoms with Crippen molar-refractivity contribution in [2.75, 3.05) is 6.26 Å². The number of H-pyrrole nitrogens is 1. The predicted molar refractivity (Wildman–Crippen MR) is 137 cm³/mol. The normalized spacial score (nSPS) is 18.4. The van der Waals surface area contributed by atoms with Crippen LogP contribution in [0.5, 0.6) is 0 Å². The number of hydrogen-bond acceptors (Lipinski definition) is 4. The molecular formula is C28H27FN2O4S. The molecule has 3 aromatic carbocycles. The lowest BCUT2D eigenvalue weighted by Crippen LogP contribution is -2.16. The van der Waals surface area contributed by atoms with E-state index in [1.54, 1.807) is 18.2 Å². The summed E-state index contributed by atoms with van der Waals surface area (Å²) in [5.74, 6) is 0.0469. The van der Waals surface area contributed by atoms with Gasteiger partial charge in [0.05, 0.1) is 15.9 Å². The summed E-state index contributed by atoms with van der Waals surface area (Å²) in [4.78, 5) is 18.7. The van der Waals surface area contributed by atoms with Gasteiger partial charge in [0.1, 0.15) is 11.6 Å². The minimum atomic E-state index is -3.34. The Morgan fingerprint density at radius 3 is 2.33 bits per heavy atom. The van der Waals surface area contributed by atoms with Gasteiger partial charge in [-0.1, -0.05) is 36.4 Å². The van der Waals surface area contributed by atoms with E-state index in [1.165, 1.54) is 23.8 Å². The number of aromatic amines is 1.